The molecule has 2 amide bonds. The number of aliphatic imine (C=N–C) groups is 1. The number of methoxy groups -OCH3 is 1. The number of rotatable bonds is 3. The van der Waals surface area contributed by atoms with Gasteiger partial charge in [0.05, 0.1) is 18.4 Å². The average Bonchev–Trinajstić information content (AvgIpc) is 2.58. The molecule has 1 heterocycles. The molecular formula is C16H13N3O3S. The maximum Gasteiger partial charge on any atom is 0.274 e. The molecule has 1 aliphatic carbocycles. The average molecular weight is 327 g/mol. The zero-order chi connectivity index (χ0) is 16.4. The molecule has 6 nitrogen and oxygen atoms in total. The van der Waals surface area contributed by atoms with Gasteiger partial charge in [-0.3, -0.25) is 15.0 Å². The first kappa shape index (κ1) is 15.1. The van der Waals surface area contributed by atoms with Crippen LogP contribution in [0.4, 0.5) is 0 Å². The second-order valence-electron chi connectivity index (χ2n) is 4.86. The Kier molecular flexibility index (Phi) is 4.03. The molecule has 1 aromatic rings. The Labute approximate surface area is 138 Å². The zero-order valence-electron chi connectivity index (χ0n) is 12.2. The van der Waals surface area contributed by atoms with Crippen LogP contribution in [0.15, 0.2) is 53.6 Å². The number of hydrazine groups is 1. The summed E-state index contributed by atoms with van der Waals surface area (Å²) in [5.41, 5.74) is 3.38. The standard InChI is InChI=1S/C16H13N3O3S/c1-22-13-9-5-3-7-11(13)14(20)18-19-15(21)10-6-2-4-8-12(10)17-16(19)23/h2-10H,1H3,(H,18,20). The number of nitrogens with zero attached hydrogens (tertiary/aromatic N) is 2. The molecule has 0 saturated carbocycles. The molecule has 0 aromatic heterocycles. The van der Waals surface area contributed by atoms with Crippen LogP contribution < -0.4 is 10.2 Å². The highest BCUT2D eigenvalue weighted by Gasteiger charge is 2.35. The Morgan fingerprint density at radius 1 is 1.35 bits per heavy atom. The lowest BCUT2D eigenvalue weighted by molar-refractivity contribution is -0.130. The maximum absolute atomic E-state index is 12.5. The van der Waals surface area contributed by atoms with E-state index in [0.29, 0.717) is 17.0 Å². The van der Waals surface area contributed by atoms with Gasteiger partial charge in [0.25, 0.3) is 11.8 Å². The van der Waals surface area contributed by atoms with Crippen molar-refractivity contribution in [3.8, 4) is 5.75 Å². The highest BCUT2D eigenvalue weighted by molar-refractivity contribution is 7.80. The topological polar surface area (TPSA) is 71.0 Å². The van der Waals surface area contributed by atoms with Crippen LogP contribution in [0.3, 0.4) is 0 Å². The molecule has 3 rings (SSSR count). The molecule has 0 spiro atoms. The first-order valence-electron chi connectivity index (χ1n) is 6.87. The van der Waals surface area contributed by atoms with E-state index in [1.54, 1.807) is 48.6 Å². The first-order chi connectivity index (χ1) is 11.1. The summed E-state index contributed by atoms with van der Waals surface area (Å²) in [7, 11) is 1.47. The normalized spacial score (nSPS) is 19.3. The van der Waals surface area contributed by atoms with Crippen molar-refractivity contribution in [2.45, 2.75) is 0 Å². The van der Waals surface area contributed by atoms with Crippen molar-refractivity contribution < 1.29 is 14.3 Å². The number of thiocarbonyl (C=S) groups is 1. The summed E-state index contributed by atoms with van der Waals surface area (Å²) in [4.78, 5) is 29.1. The molecular weight excluding hydrogens is 314 g/mol. The van der Waals surface area contributed by atoms with Crippen LogP contribution >= 0.6 is 12.2 Å². The summed E-state index contributed by atoms with van der Waals surface area (Å²) in [5.74, 6) is -0.967. The van der Waals surface area contributed by atoms with E-state index in [1.807, 2.05) is 0 Å². The number of hydrogen-bond donors (Lipinski definition) is 1. The van der Waals surface area contributed by atoms with Crippen molar-refractivity contribution >= 4 is 34.9 Å². The van der Waals surface area contributed by atoms with E-state index in [4.69, 9.17) is 17.0 Å². The van der Waals surface area contributed by atoms with Crippen molar-refractivity contribution in [3.63, 3.8) is 0 Å². The van der Waals surface area contributed by atoms with Crippen molar-refractivity contribution in [2.75, 3.05) is 7.11 Å². The molecule has 23 heavy (non-hydrogen) atoms. The largest absolute Gasteiger partial charge is 0.496 e. The second kappa shape index (κ2) is 6.13. The highest BCUT2D eigenvalue weighted by Crippen LogP contribution is 2.20. The second-order valence-corrected chi connectivity index (χ2v) is 5.22. The quantitative estimate of drug-likeness (QED) is 0.857. The third-order valence-electron chi connectivity index (χ3n) is 3.47. The summed E-state index contributed by atoms with van der Waals surface area (Å²) < 4.78 is 5.15. The van der Waals surface area contributed by atoms with Crippen molar-refractivity contribution in [1.82, 2.24) is 10.4 Å². The van der Waals surface area contributed by atoms with Crippen LogP contribution in [0.25, 0.3) is 0 Å². The third-order valence-corrected chi connectivity index (χ3v) is 3.74. The number of carbonyl (C=O) groups is 2. The number of benzene rings is 1. The van der Waals surface area contributed by atoms with Crippen LogP contribution in [0.5, 0.6) is 5.75 Å². The molecule has 116 valence electrons. The van der Waals surface area contributed by atoms with Crippen molar-refractivity contribution in [3.05, 3.63) is 54.1 Å². The van der Waals surface area contributed by atoms with Gasteiger partial charge in [-0.05, 0) is 30.4 Å². The van der Waals surface area contributed by atoms with Crippen LogP contribution in [-0.4, -0.2) is 34.8 Å². The Morgan fingerprint density at radius 2 is 2.13 bits per heavy atom. The van der Waals surface area contributed by atoms with Gasteiger partial charge in [-0.1, -0.05) is 30.4 Å². The molecule has 1 atom stereocenters. The smallest absolute Gasteiger partial charge is 0.274 e. The highest BCUT2D eigenvalue weighted by atomic mass is 32.1. The Morgan fingerprint density at radius 3 is 2.91 bits per heavy atom. The van der Waals surface area contributed by atoms with Gasteiger partial charge in [0.15, 0.2) is 0 Å². The molecule has 0 bridgehead atoms. The minimum atomic E-state index is -0.537. The molecule has 1 aromatic carbocycles. The summed E-state index contributed by atoms with van der Waals surface area (Å²) in [6.07, 6.45) is 6.99. The van der Waals surface area contributed by atoms with E-state index in [1.165, 1.54) is 7.11 Å². The van der Waals surface area contributed by atoms with Crippen LogP contribution in [0.1, 0.15) is 10.4 Å². The van der Waals surface area contributed by atoms with Crippen LogP contribution in [-0.2, 0) is 4.79 Å². The number of fused-ring (bicyclic) bond motifs is 1. The number of allylic oxidation sites excluding steroid dienone is 3. The third kappa shape index (κ3) is 2.78. The predicted molar refractivity (Wildman–Crippen MR) is 89.1 cm³/mol. The van der Waals surface area contributed by atoms with Gasteiger partial charge in [0.1, 0.15) is 11.7 Å². The van der Waals surface area contributed by atoms with Crippen LogP contribution in [0, 0.1) is 5.92 Å². The monoisotopic (exact) mass is 327 g/mol. The fourth-order valence-corrected chi connectivity index (χ4v) is 2.58. The molecule has 0 saturated heterocycles. The van der Waals surface area contributed by atoms with Gasteiger partial charge in [-0.2, -0.15) is 5.01 Å². The number of para-hydroxylation sites is 1. The number of amides is 2. The van der Waals surface area contributed by atoms with Gasteiger partial charge in [-0.15, -0.1) is 0 Å². The Balaban J connectivity index is 1.85. The summed E-state index contributed by atoms with van der Waals surface area (Å²) in [5, 5.41) is 1.01. The van der Waals surface area contributed by atoms with Crippen LogP contribution in [0.2, 0.25) is 0 Å². The molecule has 2 aliphatic rings. The maximum atomic E-state index is 12.5. The molecule has 0 fully saturated rings. The molecule has 1 N–H and O–H groups in total. The van der Waals surface area contributed by atoms with Gasteiger partial charge in [0.2, 0.25) is 5.11 Å². The minimum absolute atomic E-state index is 0.00412. The number of ether oxygens (including phenoxy) is 1. The van der Waals surface area contributed by atoms with Gasteiger partial charge in [0, 0.05) is 0 Å². The molecule has 7 heteroatoms. The van der Waals surface area contributed by atoms with E-state index in [-0.39, 0.29) is 11.0 Å². The number of carbonyl (C=O) groups excluding carboxylic acids is 2. The van der Waals surface area contributed by atoms with Gasteiger partial charge >= 0.3 is 0 Å². The van der Waals surface area contributed by atoms with Crippen molar-refractivity contribution in [1.29, 1.82) is 0 Å². The van der Waals surface area contributed by atoms with E-state index in [2.05, 4.69) is 10.4 Å². The predicted octanol–water partition coefficient (Wildman–Crippen LogP) is 1.65. The fraction of sp³-hybridized carbons (Fsp3) is 0.125. The first-order valence-corrected chi connectivity index (χ1v) is 7.28. The number of hydrogen-bond acceptors (Lipinski definition) is 4. The van der Waals surface area contributed by atoms with E-state index >= 15 is 0 Å². The molecule has 1 unspecified atom stereocenters. The van der Waals surface area contributed by atoms with E-state index in [0.717, 1.165) is 5.01 Å². The van der Waals surface area contributed by atoms with E-state index in [9.17, 15) is 9.59 Å². The Bertz CT molecular complexity index is 783. The summed E-state index contributed by atoms with van der Waals surface area (Å²) in [6, 6.07) is 6.72. The Hall–Kier alpha value is -2.80. The number of nitrogens with one attached hydrogen (secondary N) is 1. The van der Waals surface area contributed by atoms with Gasteiger partial charge < -0.3 is 4.74 Å². The minimum Gasteiger partial charge on any atom is -0.496 e. The lowest BCUT2D eigenvalue weighted by Gasteiger charge is -2.30. The zero-order valence-corrected chi connectivity index (χ0v) is 13.0. The summed E-state index contributed by atoms with van der Waals surface area (Å²) in [6.45, 7) is 0. The summed E-state index contributed by atoms with van der Waals surface area (Å²) >= 11 is 5.12. The SMILES string of the molecule is COc1ccccc1C(=O)NN1C(=O)C2C=CC=CC2=NC1=S. The van der Waals surface area contributed by atoms with Gasteiger partial charge in [-0.25, -0.2) is 4.99 Å². The van der Waals surface area contributed by atoms with E-state index < -0.39 is 11.8 Å². The molecule has 0 radical (unpaired) electrons. The van der Waals surface area contributed by atoms with Crippen molar-refractivity contribution in [2.24, 2.45) is 10.9 Å². The lowest BCUT2D eigenvalue weighted by Crippen LogP contribution is -2.54. The fourth-order valence-electron chi connectivity index (χ4n) is 2.34. The lowest BCUT2D eigenvalue weighted by atomic mass is 9.96. The molecule has 1 aliphatic heterocycles.